The molecule has 0 atom stereocenters. The summed E-state index contributed by atoms with van der Waals surface area (Å²) in [7, 11) is 0. The van der Waals surface area contributed by atoms with Gasteiger partial charge in [0, 0.05) is 23.0 Å². The molecule has 0 spiro atoms. The number of anilines is 1. The summed E-state index contributed by atoms with van der Waals surface area (Å²) in [6.45, 7) is 0. The minimum absolute atomic E-state index is 0.220. The Labute approximate surface area is 104 Å². The Morgan fingerprint density at radius 1 is 1.06 bits per heavy atom. The molecule has 0 aliphatic heterocycles. The second-order valence-corrected chi connectivity index (χ2v) is 3.76. The average Bonchev–Trinajstić information content (AvgIpc) is 2.39. The van der Waals surface area contributed by atoms with Gasteiger partial charge in [-0.1, -0.05) is 11.6 Å². The fourth-order valence-corrected chi connectivity index (χ4v) is 1.36. The number of benzene rings is 1. The number of carbonyl (C=O) groups excluding carboxylic acids is 1. The lowest BCUT2D eigenvalue weighted by molar-refractivity contribution is 0.0962. The van der Waals surface area contributed by atoms with Crippen LogP contribution < -0.4 is 10.9 Å². The summed E-state index contributed by atoms with van der Waals surface area (Å²) < 4.78 is 0. The van der Waals surface area contributed by atoms with E-state index in [1.807, 2.05) is 0 Å². The number of hydrazine groups is 1. The van der Waals surface area contributed by atoms with Crippen molar-refractivity contribution in [2.75, 3.05) is 5.43 Å². The molecule has 2 aromatic rings. The van der Waals surface area contributed by atoms with Crippen molar-refractivity contribution in [1.82, 2.24) is 10.4 Å². The average molecular weight is 248 g/mol. The van der Waals surface area contributed by atoms with Crippen LogP contribution in [0.5, 0.6) is 0 Å². The molecule has 4 nitrogen and oxygen atoms in total. The fraction of sp³-hybridized carbons (Fsp3) is 0. The molecule has 17 heavy (non-hydrogen) atoms. The molecule has 1 aromatic heterocycles. The van der Waals surface area contributed by atoms with Crippen LogP contribution in [0.15, 0.2) is 48.8 Å². The lowest BCUT2D eigenvalue weighted by Gasteiger charge is -2.08. The predicted molar refractivity (Wildman–Crippen MR) is 66.8 cm³/mol. The number of rotatable bonds is 3. The van der Waals surface area contributed by atoms with Crippen LogP contribution in [0.4, 0.5) is 5.69 Å². The molecule has 0 bridgehead atoms. The number of halogens is 1. The third-order valence-electron chi connectivity index (χ3n) is 2.11. The van der Waals surface area contributed by atoms with Gasteiger partial charge in [0.25, 0.3) is 5.91 Å². The van der Waals surface area contributed by atoms with E-state index in [-0.39, 0.29) is 5.91 Å². The van der Waals surface area contributed by atoms with Gasteiger partial charge in [0.2, 0.25) is 0 Å². The standard InChI is InChI=1S/C12H10ClN3O/c13-10-1-3-11(4-2-10)15-16-12(17)9-5-7-14-8-6-9/h1-8,15H,(H,16,17). The molecule has 2 rings (SSSR count). The van der Waals surface area contributed by atoms with Crippen LogP contribution >= 0.6 is 11.6 Å². The third-order valence-corrected chi connectivity index (χ3v) is 2.36. The smallest absolute Gasteiger partial charge is 0.269 e. The number of nitrogens with zero attached hydrogens (tertiary/aromatic N) is 1. The van der Waals surface area contributed by atoms with Crippen LogP contribution in [0.3, 0.4) is 0 Å². The number of aromatic nitrogens is 1. The van der Waals surface area contributed by atoms with E-state index in [1.54, 1.807) is 48.8 Å². The molecule has 0 saturated heterocycles. The molecule has 0 saturated carbocycles. The third kappa shape index (κ3) is 3.19. The van der Waals surface area contributed by atoms with E-state index in [9.17, 15) is 4.79 Å². The van der Waals surface area contributed by atoms with E-state index in [0.717, 1.165) is 5.69 Å². The SMILES string of the molecule is O=C(NNc1ccc(Cl)cc1)c1ccncc1. The van der Waals surface area contributed by atoms with Gasteiger partial charge in [-0.05, 0) is 36.4 Å². The molecular formula is C12H10ClN3O. The van der Waals surface area contributed by atoms with E-state index >= 15 is 0 Å². The van der Waals surface area contributed by atoms with Crippen molar-refractivity contribution >= 4 is 23.2 Å². The van der Waals surface area contributed by atoms with Gasteiger partial charge < -0.3 is 0 Å². The fourth-order valence-electron chi connectivity index (χ4n) is 1.24. The highest BCUT2D eigenvalue weighted by molar-refractivity contribution is 6.30. The Morgan fingerprint density at radius 3 is 2.35 bits per heavy atom. The predicted octanol–water partition coefficient (Wildman–Crippen LogP) is 2.49. The van der Waals surface area contributed by atoms with Crippen LogP contribution in [0.1, 0.15) is 10.4 Å². The number of hydrogen-bond donors (Lipinski definition) is 2. The highest BCUT2D eigenvalue weighted by Crippen LogP contribution is 2.12. The Morgan fingerprint density at radius 2 is 1.71 bits per heavy atom. The van der Waals surface area contributed by atoms with Gasteiger partial charge in [0.15, 0.2) is 0 Å². The summed E-state index contributed by atoms with van der Waals surface area (Å²) in [6, 6.07) is 10.3. The van der Waals surface area contributed by atoms with Crippen LogP contribution in [-0.4, -0.2) is 10.9 Å². The summed E-state index contributed by atoms with van der Waals surface area (Å²) in [5.74, 6) is -0.220. The Kier molecular flexibility index (Phi) is 3.57. The molecule has 0 unspecified atom stereocenters. The van der Waals surface area contributed by atoms with Gasteiger partial charge in [0.1, 0.15) is 0 Å². The zero-order chi connectivity index (χ0) is 12.1. The normalized spacial score (nSPS) is 9.71. The molecule has 0 aliphatic carbocycles. The second kappa shape index (κ2) is 5.32. The lowest BCUT2D eigenvalue weighted by Crippen LogP contribution is -2.29. The quantitative estimate of drug-likeness (QED) is 0.820. The molecule has 86 valence electrons. The minimum Gasteiger partial charge on any atom is -0.298 e. The van der Waals surface area contributed by atoms with Crippen molar-refractivity contribution in [2.24, 2.45) is 0 Å². The summed E-state index contributed by atoms with van der Waals surface area (Å²) in [5.41, 5.74) is 6.67. The molecule has 0 fully saturated rings. The van der Waals surface area contributed by atoms with E-state index in [4.69, 9.17) is 11.6 Å². The van der Waals surface area contributed by atoms with E-state index in [0.29, 0.717) is 10.6 Å². The molecule has 0 radical (unpaired) electrons. The van der Waals surface area contributed by atoms with Crippen LogP contribution in [0, 0.1) is 0 Å². The maximum Gasteiger partial charge on any atom is 0.269 e. The van der Waals surface area contributed by atoms with E-state index in [2.05, 4.69) is 15.8 Å². The Hall–Kier alpha value is -2.07. The summed E-state index contributed by atoms with van der Waals surface area (Å²) in [4.78, 5) is 15.5. The van der Waals surface area contributed by atoms with Crippen LogP contribution in [0.25, 0.3) is 0 Å². The Balaban J connectivity index is 1.95. The molecular weight excluding hydrogens is 238 g/mol. The lowest BCUT2D eigenvalue weighted by atomic mass is 10.2. The van der Waals surface area contributed by atoms with Crippen molar-refractivity contribution in [3.8, 4) is 0 Å². The number of nitrogens with one attached hydrogen (secondary N) is 2. The first-order valence-electron chi connectivity index (χ1n) is 4.97. The van der Waals surface area contributed by atoms with Gasteiger partial charge in [-0.2, -0.15) is 0 Å². The highest BCUT2D eigenvalue weighted by atomic mass is 35.5. The number of carbonyl (C=O) groups is 1. The van der Waals surface area contributed by atoms with E-state index in [1.165, 1.54) is 0 Å². The van der Waals surface area contributed by atoms with E-state index < -0.39 is 0 Å². The topological polar surface area (TPSA) is 54.0 Å². The number of hydrogen-bond acceptors (Lipinski definition) is 3. The largest absolute Gasteiger partial charge is 0.298 e. The maximum atomic E-state index is 11.7. The van der Waals surface area contributed by atoms with Crippen molar-refractivity contribution in [3.05, 3.63) is 59.4 Å². The van der Waals surface area contributed by atoms with Gasteiger partial charge >= 0.3 is 0 Å². The highest BCUT2D eigenvalue weighted by Gasteiger charge is 2.03. The van der Waals surface area contributed by atoms with Crippen LogP contribution in [-0.2, 0) is 0 Å². The monoisotopic (exact) mass is 247 g/mol. The molecule has 5 heteroatoms. The van der Waals surface area contributed by atoms with Crippen molar-refractivity contribution in [3.63, 3.8) is 0 Å². The summed E-state index contributed by atoms with van der Waals surface area (Å²) >= 11 is 5.75. The van der Waals surface area contributed by atoms with Crippen LogP contribution in [0.2, 0.25) is 5.02 Å². The first-order chi connectivity index (χ1) is 8.25. The number of amides is 1. The van der Waals surface area contributed by atoms with Crippen molar-refractivity contribution in [2.45, 2.75) is 0 Å². The zero-order valence-corrected chi connectivity index (χ0v) is 9.61. The number of pyridine rings is 1. The second-order valence-electron chi connectivity index (χ2n) is 3.32. The summed E-state index contributed by atoms with van der Waals surface area (Å²) in [5, 5.41) is 0.649. The zero-order valence-electron chi connectivity index (χ0n) is 8.85. The van der Waals surface area contributed by atoms with Gasteiger partial charge in [0.05, 0.1) is 5.69 Å². The minimum atomic E-state index is -0.220. The molecule has 1 amide bonds. The maximum absolute atomic E-state index is 11.7. The Bertz CT molecular complexity index is 499. The first-order valence-corrected chi connectivity index (χ1v) is 5.35. The molecule has 1 heterocycles. The molecule has 2 N–H and O–H groups in total. The van der Waals surface area contributed by atoms with Gasteiger partial charge in [-0.25, -0.2) is 0 Å². The van der Waals surface area contributed by atoms with Gasteiger partial charge in [-0.15, -0.1) is 0 Å². The molecule has 1 aromatic carbocycles. The first kappa shape index (κ1) is 11.4. The van der Waals surface area contributed by atoms with Crippen molar-refractivity contribution in [1.29, 1.82) is 0 Å². The van der Waals surface area contributed by atoms with Gasteiger partial charge in [-0.3, -0.25) is 20.6 Å². The molecule has 0 aliphatic rings. The van der Waals surface area contributed by atoms with Crippen molar-refractivity contribution < 1.29 is 4.79 Å². The summed E-state index contributed by atoms with van der Waals surface area (Å²) in [6.07, 6.45) is 3.13.